The smallest absolute Gasteiger partial charge is 0.166 e. The van der Waals surface area contributed by atoms with Crippen molar-refractivity contribution in [1.29, 1.82) is 0 Å². The summed E-state index contributed by atoms with van der Waals surface area (Å²) in [6.45, 7) is 3.44. The van der Waals surface area contributed by atoms with Crippen LogP contribution >= 0.6 is 12.2 Å². The summed E-state index contributed by atoms with van der Waals surface area (Å²) in [5.74, 6) is 0. The Morgan fingerprint density at radius 2 is 2.00 bits per heavy atom. The minimum Gasteiger partial charge on any atom is -0.361 e. The number of thiocarbonyl (C=S) groups is 1. The van der Waals surface area contributed by atoms with Gasteiger partial charge in [-0.25, -0.2) is 0 Å². The maximum absolute atomic E-state index is 9.84. The number of nitrogens with zero attached hydrogens (tertiary/aromatic N) is 1. The first-order chi connectivity index (χ1) is 7.72. The molecule has 0 unspecified atom stereocenters. The van der Waals surface area contributed by atoms with E-state index in [0.717, 1.165) is 0 Å². The molecule has 0 bridgehead atoms. The Labute approximate surface area is 100 Å². The highest BCUT2D eigenvalue weighted by Crippen LogP contribution is 2.02. The third-order valence-corrected chi connectivity index (χ3v) is 2.35. The van der Waals surface area contributed by atoms with Gasteiger partial charge in [0.25, 0.3) is 0 Å². The van der Waals surface area contributed by atoms with Gasteiger partial charge in [0.05, 0.1) is 6.54 Å². The molecular formula is C11H15N3OS. The van der Waals surface area contributed by atoms with Crippen LogP contribution in [0.5, 0.6) is 0 Å². The Morgan fingerprint density at radius 1 is 1.31 bits per heavy atom. The van der Waals surface area contributed by atoms with Crippen LogP contribution in [0, 0.1) is 11.8 Å². The molecule has 0 spiro atoms. The van der Waals surface area contributed by atoms with E-state index in [2.05, 4.69) is 47.0 Å². The van der Waals surface area contributed by atoms with Gasteiger partial charge in [-0.15, -0.1) is 0 Å². The van der Waals surface area contributed by atoms with Crippen molar-refractivity contribution < 1.29 is 0 Å². The predicted molar refractivity (Wildman–Crippen MR) is 69.3 cm³/mol. The summed E-state index contributed by atoms with van der Waals surface area (Å²) in [6.07, 6.45) is 0. The van der Waals surface area contributed by atoms with Gasteiger partial charge >= 0.3 is 0 Å². The van der Waals surface area contributed by atoms with Gasteiger partial charge in [-0.05, 0) is 24.7 Å². The summed E-state index contributed by atoms with van der Waals surface area (Å²) in [7, 11) is 0. The summed E-state index contributed by atoms with van der Waals surface area (Å²) >= 11 is 5.03. The number of nitroso groups, excluding NO2 is 1. The van der Waals surface area contributed by atoms with Gasteiger partial charge in [0.15, 0.2) is 5.11 Å². The maximum Gasteiger partial charge on any atom is 0.166 e. The molecule has 0 saturated carbocycles. The van der Waals surface area contributed by atoms with Crippen molar-refractivity contribution in [2.75, 3.05) is 13.1 Å². The fourth-order valence-electron chi connectivity index (χ4n) is 1.17. The van der Waals surface area contributed by atoms with Crippen molar-refractivity contribution in [3.05, 3.63) is 40.3 Å². The van der Waals surface area contributed by atoms with Crippen molar-refractivity contribution in [3.8, 4) is 0 Å². The van der Waals surface area contributed by atoms with Crippen molar-refractivity contribution in [3.63, 3.8) is 0 Å². The number of rotatable bonds is 5. The second-order valence-corrected chi connectivity index (χ2v) is 3.86. The second-order valence-electron chi connectivity index (χ2n) is 3.45. The molecule has 0 aliphatic heterocycles. The molecule has 1 aromatic rings. The maximum atomic E-state index is 9.84. The van der Waals surface area contributed by atoms with Crippen LogP contribution in [-0.2, 0) is 6.54 Å². The fourth-order valence-corrected chi connectivity index (χ4v) is 1.34. The van der Waals surface area contributed by atoms with E-state index in [1.165, 1.54) is 11.1 Å². The number of hydrogen-bond donors (Lipinski definition) is 2. The van der Waals surface area contributed by atoms with Gasteiger partial charge in [-0.3, -0.25) is 0 Å². The molecule has 0 amide bonds. The SMILES string of the molecule is Cc1ccc(CNC(=S)NCCN=O)cc1. The Kier molecular flexibility index (Phi) is 5.42. The molecule has 1 aromatic carbocycles. The lowest BCUT2D eigenvalue weighted by Crippen LogP contribution is -2.36. The van der Waals surface area contributed by atoms with Gasteiger partial charge in [-0.2, -0.15) is 4.91 Å². The number of hydrogen-bond acceptors (Lipinski definition) is 3. The van der Waals surface area contributed by atoms with E-state index >= 15 is 0 Å². The molecule has 0 saturated heterocycles. The zero-order valence-electron chi connectivity index (χ0n) is 9.19. The molecule has 0 aliphatic rings. The van der Waals surface area contributed by atoms with Crippen molar-refractivity contribution in [2.24, 2.45) is 5.18 Å². The van der Waals surface area contributed by atoms with Gasteiger partial charge in [-0.1, -0.05) is 35.0 Å². The molecule has 1 rings (SSSR count). The third-order valence-electron chi connectivity index (χ3n) is 2.06. The number of aryl methyl sites for hydroxylation is 1. The molecule has 86 valence electrons. The number of nitrogens with one attached hydrogen (secondary N) is 2. The molecule has 0 atom stereocenters. The number of benzene rings is 1. The van der Waals surface area contributed by atoms with Gasteiger partial charge < -0.3 is 10.6 Å². The van der Waals surface area contributed by atoms with Crippen molar-refractivity contribution in [2.45, 2.75) is 13.5 Å². The highest BCUT2D eigenvalue weighted by Gasteiger charge is 1.95. The minimum absolute atomic E-state index is 0.229. The Balaban J connectivity index is 2.26. The lowest BCUT2D eigenvalue weighted by molar-refractivity contribution is 0.819. The summed E-state index contributed by atoms with van der Waals surface area (Å²) < 4.78 is 0. The van der Waals surface area contributed by atoms with Gasteiger partial charge in [0, 0.05) is 13.1 Å². The third kappa shape index (κ3) is 4.84. The molecule has 0 radical (unpaired) electrons. The molecular weight excluding hydrogens is 222 g/mol. The van der Waals surface area contributed by atoms with Crippen LogP contribution in [0.1, 0.15) is 11.1 Å². The molecule has 0 aliphatic carbocycles. The minimum atomic E-state index is 0.229. The molecule has 0 aromatic heterocycles. The quantitative estimate of drug-likeness (QED) is 0.465. The highest BCUT2D eigenvalue weighted by atomic mass is 32.1. The van der Waals surface area contributed by atoms with Crippen LogP contribution in [0.4, 0.5) is 0 Å². The molecule has 4 nitrogen and oxygen atoms in total. The van der Waals surface area contributed by atoms with Crippen LogP contribution in [0.15, 0.2) is 29.4 Å². The van der Waals surface area contributed by atoms with Crippen LogP contribution in [-0.4, -0.2) is 18.2 Å². The molecule has 16 heavy (non-hydrogen) atoms. The van der Waals surface area contributed by atoms with Gasteiger partial charge in [0.2, 0.25) is 0 Å². The predicted octanol–water partition coefficient (Wildman–Crippen LogP) is 1.73. The van der Waals surface area contributed by atoms with E-state index in [4.69, 9.17) is 12.2 Å². The first kappa shape index (κ1) is 12.6. The van der Waals surface area contributed by atoms with Crippen molar-refractivity contribution >= 4 is 17.3 Å². The lowest BCUT2D eigenvalue weighted by atomic mass is 10.1. The fraction of sp³-hybridized carbons (Fsp3) is 0.364. The first-order valence-corrected chi connectivity index (χ1v) is 5.49. The zero-order valence-corrected chi connectivity index (χ0v) is 10.0. The normalized spacial score (nSPS) is 9.56. The molecule has 5 heteroatoms. The van der Waals surface area contributed by atoms with E-state index in [9.17, 15) is 4.91 Å². The zero-order chi connectivity index (χ0) is 11.8. The topological polar surface area (TPSA) is 53.5 Å². The summed E-state index contributed by atoms with van der Waals surface area (Å²) in [4.78, 5) is 9.84. The molecule has 2 N–H and O–H groups in total. The van der Waals surface area contributed by atoms with E-state index in [1.54, 1.807) is 0 Å². The average molecular weight is 237 g/mol. The highest BCUT2D eigenvalue weighted by molar-refractivity contribution is 7.80. The average Bonchev–Trinajstić information content (AvgIpc) is 2.29. The van der Waals surface area contributed by atoms with E-state index in [-0.39, 0.29) is 6.54 Å². The summed E-state index contributed by atoms with van der Waals surface area (Å²) in [5.41, 5.74) is 2.41. The van der Waals surface area contributed by atoms with Crippen LogP contribution < -0.4 is 10.6 Å². The molecule has 0 heterocycles. The van der Waals surface area contributed by atoms with Crippen LogP contribution in [0.3, 0.4) is 0 Å². The Morgan fingerprint density at radius 3 is 2.62 bits per heavy atom. The summed E-state index contributed by atoms with van der Waals surface area (Å²) in [6, 6.07) is 8.23. The largest absolute Gasteiger partial charge is 0.361 e. The van der Waals surface area contributed by atoms with Crippen molar-refractivity contribution in [1.82, 2.24) is 10.6 Å². The Bertz CT molecular complexity index is 351. The monoisotopic (exact) mass is 237 g/mol. The lowest BCUT2D eigenvalue weighted by Gasteiger charge is -2.09. The van der Waals surface area contributed by atoms with Crippen LogP contribution in [0.2, 0.25) is 0 Å². The van der Waals surface area contributed by atoms with E-state index < -0.39 is 0 Å². The van der Waals surface area contributed by atoms with Gasteiger partial charge in [0.1, 0.15) is 0 Å². The van der Waals surface area contributed by atoms with E-state index in [1.807, 2.05) is 0 Å². The standard InChI is InChI=1S/C11H15N3OS/c1-9-2-4-10(5-3-9)8-13-11(16)12-6-7-14-15/h2-5H,6-8H2,1H3,(H2,12,13,16). The summed E-state index contributed by atoms with van der Waals surface area (Å²) in [5, 5.41) is 9.23. The van der Waals surface area contributed by atoms with Crippen LogP contribution in [0.25, 0.3) is 0 Å². The Hall–Kier alpha value is -1.49. The second kappa shape index (κ2) is 6.90. The van der Waals surface area contributed by atoms with E-state index in [0.29, 0.717) is 18.2 Å². The molecule has 0 fully saturated rings. The first-order valence-electron chi connectivity index (χ1n) is 5.08.